The standard InChI is InChI=1S/C22H24N4O2/c1-17-7-9-19(10-8-17)26(16-20-6-3-14-28-20)21(27)18-5-2-13-25(15-18)22-23-11-4-12-24-22/h3-4,6-12,14,18H,2,5,13,15-16H2,1H3/t18-/m1/s1. The number of furan rings is 1. The summed E-state index contributed by atoms with van der Waals surface area (Å²) in [7, 11) is 0. The minimum atomic E-state index is -0.103. The van der Waals surface area contributed by atoms with E-state index < -0.39 is 0 Å². The van der Waals surface area contributed by atoms with Gasteiger partial charge in [-0.05, 0) is 50.1 Å². The van der Waals surface area contributed by atoms with Gasteiger partial charge in [0.25, 0.3) is 0 Å². The Labute approximate surface area is 164 Å². The van der Waals surface area contributed by atoms with Gasteiger partial charge in [-0.3, -0.25) is 4.79 Å². The van der Waals surface area contributed by atoms with Crippen LogP contribution in [0.5, 0.6) is 0 Å². The molecular formula is C22H24N4O2. The van der Waals surface area contributed by atoms with Crippen molar-refractivity contribution in [3.05, 3.63) is 72.4 Å². The van der Waals surface area contributed by atoms with Gasteiger partial charge in [-0.25, -0.2) is 9.97 Å². The summed E-state index contributed by atoms with van der Waals surface area (Å²) < 4.78 is 5.51. The maximum absolute atomic E-state index is 13.5. The van der Waals surface area contributed by atoms with Gasteiger partial charge in [0.05, 0.1) is 18.7 Å². The summed E-state index contributed by atoms with van der Waals surface area (Å²) in [6.07, 6.45) is 6.93. The second-order valence-electron chi connectivity index (χ2n) is 7.17. The summed E-state index contributed by atoms with van der Waals surface area (Å²) in [6, 6.07) is 13.6. The minimum Gasteiger partial charge on any atom is -0.467 e. The van der Waals surface area contributed by atoms with Crippen molar-refractivity contribution < 1.29 is 9.21 Å². The number of aryl methyl sites for hydroxylation is 1. The predicted molar refractivity (Wildman–Crippen MR) is 108 cm³/mol. The van der Waals surface area contributed by atoms with Gasteiger partial charge in [-0.1, -0.05) is 17.7 Å². The molecule has 0 aliphatic carbocycles. The average molecular weight is 376 g/mol. The van der Waals surface area contributed by atoms with Crippen molar-refractivity contribution in [2.24, 2.45) is 5.92 Å². The van der Waals surface area contributed by atoms with Crippen molar-refractivity contribution in [1.82, 2.24) is 9.97 Å². The second kappa shape index (κ2) is 8.25. The normalized spacial score (nSPS) is 16.8. The highest BCUT2D eigenvalue weighted by Gasteiger charge is 2.31. The molecule has 1 aromatic carbocycles. The first-order valence-electron chi connectivity index (χ1n) is 9.63. The lowest BCUT2D eigenvalue weighted by molar-refractivity contribution is -0.122. The van der Waals surface area contributed by atoms with Crippen LogP contribution in [0.1, 0.15) is 24.2 Å². The van der Waals surface area contributed by atoms with E-state index in [2.05, 4.69) is 14.9 Å². The van der Waals surface area contributed by atoms with Crippen molar-refractivity contribution in [1.29, 1.82) is 0 Å². The molecule has 3 heterocycles. The number of hydrogen-bond donors (Lipinski definition) is 0. The molecule has 1 atom stereocenters. The Hall–Kier alpha value is -3.15. The molecule has 28 heavy (non-hydrogen) atoms. The van der Waals surface area contributed by atoms with Crippen LogP contribution >= 0.6 is 0 Å². The number of hydrogen-bond acceptors (Lipinski definition) is 5. The van der Waals surface area contributed by atoms with Gasteiger partial charge in [0.15, 0.2) is 0 Å². The van der Waals surface area contributed by atoms with Gasteiger partial charge in [-0.15, -0.1) is 0 Å². The molecule has 1 aliphatic rings. The van der Waals surface area contributed by atoms with Crippen LogP contribution < -0.4 is 9.80 Å². The van der Waals surface area contributed by atoms with Gasteiger partial charge < -0.3 is 14.2 Å². The Morgan fingerprint density at radius 2 is 1.96 bits per heavy atom. The third-order valence-electron chi connectivity index (χ3n) is 5.11. The largest absolute Gasteiger partial charge is 0.467 e. The van der Waals surface area contributed by atoms with Gasteiger partial charge in [0.2, 0.25) is 11.9 Å². The van der Waals surface area contributed by atoms with Crippen molar-refractivity contribution in [2.75, 3.05) is 22.9 Å². The fourth-order valence-corrected chi connectivity index (χ4v) is 3.61. The number of amides is 1. The van der Waals surface area contributed by atoms with Gasteiger partial charge in [0, 0.05) is 31.2 Å². The van der Waals surface area contributed by atoms with Crippen molar-refractivity contribution in [2.45, 2.75) is 26.3 Å². The predicted octanol–water partition coefficient (Wildman–Crippen LogP) is 3.83. The number of carbonyl (C=O) groups excluding carboxylic acids is 1. The number of rotatable bonds is 5. The molecule has 6 nitrogen and oxygen atoms in total. The van der Waals surface area contributed by atoms with E-state index in [0.29, 0.717) is 19.0 Å². The molecule has 4 rings (SSSR count). The maximum Gasteiger partial charge on any atom is 0.232 e. The Morgan fingerprint density at radius 1 is 1.18 bits per heavy atom. The van der Waals surface area contributed by atoms with Crippen molar-refractivity contribution in [3.63, 3.8) is 0 Å². The number of anilines is 2. The van der Waals surface area contributed by atoms with Gasteiger partial charge in [-0.2, -0.15) is 0 Å². The zero-order valence-electron chi connectivity index (χ0n) is 16.0. The van der Waals surface area contributed by atoms with E-state index in [1.807, 2.05) is 48.2 Å². The van der Waals surface area contributed by atoms with Crippen LogP contribution in [0.3, 0.4) is 0 Å². The zero-order valence-corrected chi connectivity index (χ0v) is 16.0. The van der Waals surface area contributed by atoms with Crippen LogP contribution in [0.25, 0.3) is 0 Å². The molecule has 0 saturated carbocycles. The zero-order chi connectivity index (χ0) is 19.3. The summed E-state index contributed by atoms with van der Waals surface area (Å²) in [5.41, 5.74) is 2.05. The molecule has 6 heteroatoms. The Bertz CT molecular complexity index is 894. The Morgan fingerprint density at radius 3 is 2.68 bits per heavy atom. The molecule has 0 bridgehead atoms. The molecule has 3 aromatic rings. The number of carbonyl (C=O) groups is 1. The summed E-state index contributed by atoms with van der Waals surface area (Å²) in [6.45, 7) is 3.97. The number of benzene rings is 1. The maximum atomic E-state index is 13.5. The summed E-state index contributed by atoms with van der Waals surface area (Å²) in [5, 5.41) is 0. The molecule has 1 fully saturated rings. The molecule has 1 saturated heterocycles. The first-order chi connectivity index (χ1) is 13.7. The van der Waals surface area contributed by atoms with E-state index in [4.69, 9.17) is 4.42 Å². The molecular weight excluding hydrogens is 352 g/mol. The molecule has 0 unspecified atom stereocenters. The summed E-state index contributed by atoms with van der Waals surface area (Å²) in [4.78, 5) is 26.1. The van der Waals surface area contributed by atoms with E-state index in [0.717, 1.165) is 30.8 Å². The lowest BCUT2D eigenvalue weighted by Gasteiger charge is -2.34. The molecule has 144 valence electrons. The fourth-order valence-electron chi connectivity index (χ4n) is 3.61. The molecule has 0 radical (unpaired) electrons. The van der Waals surface area contributed by atoms with Crippen LogP contribution in [-0.2, 0) is 11.3 Å². The van der Waals surface area contributed by atoms with E-state index in [1.165, 1.54) is 5.56 Å². The lowest BCUT2D eigenvalue weighted by Crippen LogP contribution is -2.45. The highest BCUT2D eigenvalue weighted by molar-refractivity contribution is 5.95. The SMILES string of the molecule is Cc1ccc(N(Cc2ccco2)C(=O)[C@@H]2CCCN(c3ncccn3)C2)cc1. The lowest BCUT2D eigenvalue weighted by atomic mass is 9.96. The van der Waals surface area contributed by atoms with Crippen LogP contribution in [0.15, 0.2) is 65.5 Å². The first kappa shape index (κ1) is 18.2. The molecule has 1 amide bonds. The number of aromatic nitrogens is 2. The van der Waals surface area contributed by atoms with Crippen LogP contribution in [0.2, 0.25) is 0 Å². The van der Waals surface area contributed by atoms with Crippen LogP contribution in [0, 0.1) is 12.8 Å². The smallest absolute Gasteiger partial charge is 0.232 e. The Balaban J connectivity index is 1.56. The highest BCUT2D eigenvalue weighted by atomic mass is 16.3. The van der Waals surface area contributed by atoms with Crippen LogP contribution in [0.4, 0.5) is 11.6 Å². The highest BCUT2D eigenvalue weighted by Crippen LogP contribution is 2.26. The quantitative estimate of drug-likeness (QED) is 0.677. The fraction of sp³-hybridized carbons (Fsp3) is 0.318. The molecule has 2 aromatic heterocycles. The monoisotopic (exact) mass is 376 g/mol. The van der Waals surface area contributed by atoms with E-state index >= 15 is 0 Å². The molecule has 0 N–H and O–H groups in total. The van der Waals surface area contributed by atoms with Crippen LogP contribution in [-0.4, -0.2) is 29.0 Å². The second-order valence-corrected chi connectivity index (χ2v) is 7.17. The van der Waals surface area contributed by atoms with E-state index in [-0.39, 0.29) is 11.8 Å². The first-order valence-corrected chi connectivity index (χ1v) is 9.63. The minimum absolute atomic E-state index is 0.103. The summed E-state index contributed by atoms with van der Waals surface area (Å²) >= 11 is 0. The van der Waals surface area contributed by atoms with E-state index in [1.54, 1.807) is 24.7 Å². The molecule has 0 spiro atoms. The Kier molecular flexibility index (Phi) is 5.37. The molecule has 1 aliphatic heterocycles. The van der Waals surface area contributed by atoms with Gasteiger partial charge >= 0.3 is 0 Å². The summed E-state index contributed by atoms with van der Waals surface area (Å²) in [5.74, 6) is 1.47. The third kappa shape index (κ3) is 4.06. The van der Waals surface area contributed by atoms with Crippen molar-refractivity contribution in [3.8, 4) is 0 Å². The average Bonchev–Trinajstić information content (AvgIpc) is 3.26. The number of nitrogens with zero attached hydrogens (tertiary/aromatic N) is 4. The van der Waals surface area contributed by atoms with Gasteiger partial charge in [0.1, 0.15) is 5.76 Å². The van der Waals surface area contributed by atoms with Crippen molar-refractivity contribution >= 4 is 17.5 Å². The number of piperidine rings is 1. The third-order valence-corrected chi connectivity index (χ3v) is 5.11. The van der Waals surface area contributed by atoms with E-state index in [9.17, 15) is 4.79 Å². The topological polar surface area (TPSA) is 62.5 Å².